The number of carbonyl (C=O) groups excluding carboxylic acids is 1. The number of benzene rings is 2. The number of aromatic nitrogens is 1. The van der Waals surface area contributed by atoms with Crippen LogP contribution in [0, 0.1) is 13.8 Å². The van der Waals surface area contributed by atoms with Gasteiger partial charge in [-0.25, -0.2) is 9.78 Å². The second kappa shape index (κ2) is 9.65. The minimum atomic E-state index is -0.525. The molecule has 0 spiro atoms. The SMILES string of the molecule is Cc1ccc(-c2cc(OC(=O)Nc3ccc(N4CCCCCC4)nc3)ccc2C)cc1. The molecule has 0 atom stereocenters. The molecule has 31 heavy (non-hydrogen) atoms. The molecule has 5 heteroatoms. The fourth-order valence-corrected chi connectivity index (χ4v) is 3.91. The third kappa shape index (κ3) is 5.43. The van der Waals surface area contributed by atoms with E-state index in [-0.39, 0.29) is 0 Å². The third-order valence-corrected chi connectivity index (χ3v) is 5.71. The smallest absolute Gasteiger partial charge is 0.410 e. The Kier molecular flexibility index (Phi) is 6.51. The first-order valence-electron chi connectivity index (χ1n) is 11.0. The Balaban J connectivity index is 1.40. The monoisotopic (exact) mass is 415 g/mol. The molecular formula is C26H29N3O2. The predicted octanol–water partition coefficient (Wildman–Crippen LogP) is 6.36. The second-order valence-electron chi connectivity index (χ2n) is 8.16. The Morgan fingerprint density at radius 1 is 0.935 bits per heavy atom. The van der Waals surface area contributed by atoms with Gasteiger partial charge in [0.05, 0.1) is 11.9 Å². The zero-order chi connectivity index (χ0) is 21.6. The molecule has 5 nitrogen and oxygen atoms in total. The molecule has 1 saturated heterocycles. The van der Waals surface area contributed by atoms with Gasteiger partial charge in [-0.3, -0.25) is 5.32 Å². The summed E-state index contributed by atoms with van der Waals surface area (Å²) in [6, 6.07) is 17.8. The van der Waals surface area contributed by atoms with E-state index < -0.39 is 6.09 Å². The largest absolute Gasteiger partial charge is 0.417 e. The van der Waals surface area contributed by atoms with Crippen LogP contribution < -0.4 is 15.0 Å². The molecule has 1 aliphatic rings. The standard InChI is InChI=1S/C26H29N3O2/c1-19-7-10-21(11-8-19)24-17-23(13-9-20(24)2)31-26(30)28-22-12-14-25(27-18-22)29-15-5-3-4-6-16-29/h7-14,17-18H,3-6,15-16H2,1-2H3,(H,28,30). The number of carbonyl (C=O) groups is 1. The Morgan fingerprint density at radius 3 is 2.35 bits per heavy atom. The number of rotatable bonds is 4. The van der Waals surface area contributed by atoms with Crippen molar-refractivity contribution < 1.29 is 9.53 Å². The summed E-state index contributed by atoms with van der Waals surface area (Å²) in [5.41, 5.74) is 5.11. The van der Waals surface area contributed by atoms with E-state index in [1.807, 2.05) is 30.3 Å². The van der Waals surface area contributed by atoms with Crippen LogP contribution in [0.25, 0.3) is 11.1 Å². The molecule has 2 aromatic carbocycles. The molecule has 1 N–H and O–H groups in total. The number of hydrogen-bond donors (Lipinski definition) is 1. The molecule has 1 fully saturated rings. The number of nitrogens with one attached hydrogen (secondary N) is 1. The molecule has 0 radical (unpaired) electrons. The molecule has 0 unspecified atom stereocenters. The minimum Gasteiger partial charge on any atom is -0.410 e. The molecule has 2 heterocycles. The predicted molar refractivity (Wildman–Crippen MR) is 126 cm³/mol. The molecule has 3 aromatic rings. The van der Waals surface area contributed by atoms with Gasteiger partial charge in [0.1, 0.15) is 11.6 Å². The van der Waals surface area contributed by atoms with Gasteiger partial charge in [0.15, 0.2) is 0 Å². The maximum Gasteiger partial charge on any atom is 0.417 e. The van der Waals surface area contributed by atoms with Crippen molar-refractivity contribution in [2.45, 2.75) is 39.5 Å². The number of aryl methyl sites for hydroxylation is 2. The van der Waals surface area contributed by atoms with Gasteiger partial charge in [0.25, 0.3) is 0 Å². The van der Waals surface area contributed by atoms with E-state index in [1.54, 1.807) is 6.20 Å². The Morgan fingerprint density at radius 2 is 1.68 bits per heavy atom. The van der Waals surface area contributed by atoms with Crippen molar-refractivity contribution in [1.29, 1.82) is 0 Å². The van der Waals surface area contributed by atoms with Crippen molar-refractivity contribution >= 4 is 17.6 Å². The van der Waals surface area contributed by atoms with Crippen LogP contribution in [0.1, 0.15) is 36.8 Å². The number of hydrogen-bond acceptors (Lipinski definition) is 4. The fraction of sp³-hybridized carbons (Fsp3) is 0.308. The normalized spacial score (nSPS) is 14.1. The van der Waals surface area contributed by atoms with Crippen LogP contribution in [0.4, 0.5) is 16.3 Å². The fourth-order valence-electron chi connectivity index (χ4n) is 3.91. The van der Waals surface area contributed by atoms with Crippen LogP contribution >= 0.6 is 0 Å². The lowest BCUT2D eigenvalue weighted by Gasteiger charge is -2.21. The van der Waals surface area contributed by atoms with E-state index in [2.05, 4.69) is 53.3 Å². The van der Waals surface area contributed by atoms with Gasteiger partial charge >= 0.3 is 6.09 Å². The number of nitrogens with zero attached hydrogens (tertiary/aromatic N) is 2. The Labute approximate surface area is 184 Å². The van der Waals surface area contributed by atoms with E-state index in [1.165, 1.54) is 31.2 Å². The Bertz CT molecular complexity index is 1020. The summed E-state index contributed by atoms with van der Waals surface area (Å²) in [5, 5.41) is 2.77. The van der Waals surface area contributed by atoms with Crippen LogP contribution in [0.3, 0.4) is 0 Å². The first kappa shape index (κ1) is 20.9. The van der Waals surface area contributed by atoms with Gasteiger partial charge in [0.2, 0.25) is 0 Å². The van der Waals surface area contributed by atoms with E-state index in [4.69, 9.17) is 4.74 Å². The van der Waals surface area contributed by atoms with Gasteiger partial charge in [-0.05, 0) is 67.6 Å². The van der Waals surface area contributed by atoms with Crippen molar-refractivity contribution in [3.8, 4) is 16.9 Å². The van der Waals surface area contributed by atoms with Crippen LogP contribution in [0.2, 0.25) is 0 Å². The van der Waals surface area contributed by atoms with E-state index in [0.29, 0.717) is 11.4 Å². The number of anilines is 2. The minimum absolute atomic E-state index is 0.507. The zero-order valence-corrected chi connectivity index (χ0v) is 18.2. The van der Waals surface area contributed by atoms with E-state index in [0.717, 1.165) is 35.6 Å². The lowest BCUT2D eigenvalue weighted by Crippen LogP contribution is -2.25. The highest BCUT2D eigenvalue weighted by Crippen LogP contribution is 2.28. The molecule has 4 rings (SSSR count). The summed E-state index contributed by atoms with van der Waals surface area (Å²) in [6.07, 6.45) is 6.14. The average Bonchev–Trinajstić information content (AvgIpc) is 3.06. The van der Waals surface area contributed by atoms with E-state index >= 15 is 0 Å². The number of ether oxygens (including phenoxy) is 1. The first-order chi connectivity index (χ1) is 15.1. The van der Waals surface area contributed by atoms with Gasteiger partial charge < -0.3 is 9.64 Å². The van der Waals surface area contributed by atoms with Crippen molar-refractivity contribution in [1.82, 2.24) is 4.98 Å². The Hall–Kier alpha value is -3.34. The lowest BCUT2D eigenvalue weighted by molar-refractivity contribution is 0.215. The molecule has 1 aromatic heterocycles. The first-order valence-corrected chi connectivity index (χ1v) is 11.0. The highest BCUT2D eigenvalue weighted by atomic mass is 16.6. The van der Waals surface area contributed by atoms with Crippen LogP contribution in [-0.2, 0) is 0 Å². The van der Waals surface area contributed by atoms with Crippen molar-refractivity contribution in [2.24, 2.45) is 0 Å². The average molecular weight is 416 g/mol. The van der Waals surface area contributed by atoms with Crippen LogP contribution in [-0.4, -0.2) is 24.2 Å². The topological polar surface area (TPSA) is 54.5 Å². The number of pyridine rings is 1. The molecule has 1 aliphatic heterocycles. The summed E-state index contributed by atoms with van der Waals surface area (Å²) in [6.45, 7) is 6.20. The van der Waals surface area contributed by atoms with Gasteiger partial charge in [0, 0.05) is 13.1 Å². The second-order valence-corrected chi connectivity index (χ2v) is 8.16. The molecular weight excluding hydrogens is 386 g/mol. The molecule has 1 amide bonds. The van der Waals surface area contributed by atoms with Crippen molar-refractivity contribution in [3.05, 3.63) is 71.9 Å². The summed E-state index contributed by atoms with van der Waals surface area (Å²) in [5.74, 6) is 1.47. The van der Waals surface area contributed by atoms with Gasteiger partial charge in [-0.15, -0.1) is 0 Å². The van der Waals surface area contributed by atoms with Gasteiger partial charge in [-0.1, -0.05) is 48.7 Å². The van der Waals surface area contributed by atoms with Crippen molar-refractivity contribution in [2.75, 3.05) is 23.3 Å². The third-order valence-electron chi connectivity index (χ3n) is 5.71. The van der Waals surface area contributed by atoms with Crippen LogP contribution in [0.5, 0.6) is 5.75 Å². The highest BCUT2D eigenvalue weighted by molar-refractivity contribution is 5.86. The molecule has 160 valence electrons. The van der Waals surface area contributed by atoms with Crippen LogP contribution in [0.15, 0.2) is 60.8 Å². The summed E-state index contributed by atoms with van der Waals surface area (Å²) < 4.78 is 5.53. The molecule has 0 saturated carbocycles. The van der Waals surface area contributed by atoms with Gasteiger partial charge in [-0.2, -0.15) is 0 Å². The quantitative estimate of drug-likeness (QED) is 0.539. The lowest BCUT2D eigenvalue weighted by atomic mass is 9.99. The van der Waals surface area contributed by atoms with Crippen molar-refractivity contribution in [3.63, 3.8) is 0 Å². The van der Waals surface area contributed by atoms with E-state index in [9.17, 15) is 4.79 Å². The zero-order valence-electron chi connectivity index (χ0n) is 18.2. The molecule has 0 aliphatic carbocycles. The number of amides is 1. The molecule has 0 bridgehead atoms. The maximum atomic E-state index is 12.4. The summed E-state index contributed by atoms with van der Waals surface area (Å²) >= 11 is 0. The summed E-state index contributed by atoms with van der Waals surface area (Å²) in [7, 11) is 0. The maximum absolute atomic E-state index is 12.4. The summed E-state index contributed by atoms with van der Waals surface area (Å²) in [4.78, 5) is 19.3. The highest BCUT2D eigenvalue weighted by Gasteiger charge is 2.12.